The van der Waals surface area contributed by atoms with Gasteiger partial charge >= 0.3 is 0 Å². The van der Waals surface area contributed by atoms with Gasteiger partial charge in [0.15, 0.2) is 0 Å². The van der Waals surface area contributed by atoms with E-state index in [1.54, 1.807) is 23.5 Å². The number of amides is 2. The van der Waals surface area contributed by atoms with E-state index in [2.05, 4.69) is 16.8 Å². The first-order valence-corrected chi connectivity index (χ1v) is 14.3. The molecule has 1 N–H and O–H groups in total. The lowest BCUT2D eigenvalue weighted by Gasteiger charge is -2.37. The molecule has 4 rings (SSSR count). The molecule has 0 spiro atoms. The van der Waals surface area contributed by atoms with Crippen LogP contribution < -0.4 is 5.32 Å². The maximum Gasteiger partial charge on any atom is 0.243 e. The van der Waals surface area contributed by atoms with Crippen molar-refractivity contribution in [1.82, 2.24) is 9.21 Å². The molecule has 3 aromatic rings. The largest absolute Gasteiger partial charge is 0.330 e. The molecule has 9 heteroatoms. The molecule has 7 nitrogen and oxygen atoms in total. The normalized spacial score (nSPS) is 15.6. The molecule has 1 aliphatic rings. The van der Waals surface area contributed by atoms with Crippen molar-refractivity contribution in [2.45, 2.75) is 44.6 Å². The summed E-state index contributed by atoms with van der Waals surface area (Å²) in [6.07, 6.45) is 1.33. The molecule has 190 valence electrons. The van der Waals surface area contributed by atoms with E-state index in [9.17, 15) is 18.0 Å². The Labute approximate surface area is 216 Å². The summed E-state index contributed by atoms with van der Waals surface area (Å²) in [7, 11) is -3.90. The Morgan fingerprint density at radius 2 is 1.78 bits per heavy atom. The van der Waals surface area contributed by atoms with Crippen LogP contribution in [-0.4, -0.2) is 49.1 Å². The van der Waals surface area contributed by atoms with E-state index in [1.165, 1.54) is 28.2 Å². The van der Waals surface area contributed by atoms with E-state index in [4.69, 9.17) is 0 Å². The molecule has 0 aliphatic carbocycles. The molecule has 1 unspecified atom stereocenters. The van der Waals surface area contributed by atoms with Gasteiger partial charge in [-0.05, 0) is 66.6 Å². The molecule has 1 aromatic heterocycles. The molecule has 2 amide bonds. The van der Waals surface area contributed by atoms with Gasteiger partial charge in [-0.15, -0.1) is 11.3 Å². The van der Waals surface area contributed by atoms with Crippen LogP contribution in [0, 0.1) is 6.92 Å². The van der Waals surface area contributed by atoms with E-state index < -0.39 is 10.0 Å². The van der Waals surface area contributed by atoms with Gasteiger partial charge in [-0.25, -0.2) is 8.42 Å². The molecular weight excluding hydrogens is 494 g/mol. The minimum atomic E-state index is -3.90. The predicted molar refractivity (Wildman–Crippen MR) is 143 cm³/mol. The van der Waals surface area contributed by atoms with Crippen LogP contribution in [0.25, 0.3) is 0 Å². The monoisotopic (exact) mass is 525 g/mol. The third kappa shape index (κ3) is 5.53. The highest BCUT2D eigenvalue weighted by atomic mass is 32.2. The summed E-state index contributed by atoms with van der Waals surface area (Å²) in [5.74, 6) is -0.452. The van der Waals surface area contributed by atoms with Gasteiger partial charge in [-0.2, -0.15) is 4.31 Å². The number of aryl methyl sites for hydroxylation is 1. The third-order valence-electron chi connectivity index (χ3n) is 6.28. The van der Waals surface area contributed by atoms with Crippen LogP contribution in [0.2, 0.25) is 0 Å². The molecule has 2 aromatic carbocycles. The highest BCUT2D eigenvalue weighted by Crippen LogP contribution is 2.38. The zero-order chi connectivity index (χ0) is 25.9. The van der Waals surface area contributed by atoms with E-state index in [1.807, 2.05) is 43.0 Å². The SMILES string of the molecule is CCCN(CC(=O)N1CCc2sccc2C1c1ccc(C)cc1)S(=O)(=O)c1ccc(NC(C)=O)cc1. The van der Waals surface area contributed by atoms with Gasteiger partial charge in [-0.3, -0.25) is 9.59 Å². The van der Waals surface area contributed by atoms with E-state index in [0.717, 1.165) is 23.1 Å². The van der Waals surface area contributed by atoms with Crippen molar-refractivity contribution in [1.29, 1.82) is 0 Å². The molecule has 0 saturated carbocycles. The molecule has 0 radical (unpaired) electrons. The predicted octanol–water partition coefficient (Wildman–Crippen LogP) is 4.59. The Hall–Kier alpha value is -3.01. The van der Waals surface area contributed by atoms with Crippen LogP contribution in [-0.2, 0) is 26.0 Å². The van der Waals surface area contributed by atoms with Crippen LogP contribution in [0.1, 0.15) is 47.9 Å². The number of anilines is 1. The fourth-order valence-electron chi connectivity index (χ4n) is 4.53. The lowest BCUT2D eigenvalue weighted by molar-refractivity contribution is -0.133. The molecule has 1 aliphatic heterocycles. The lowest BCUT2D eigenvalue weighted by atomic mass is 9.92. The Bertz CT molecular complexity index is 1330. The van der Waals surface area contributed by atoms with Crippen molar-refractivity contribution in [2.24, 2.45) is 0 Å². The first kappa shape index (κ1) is 26.1. The number of thiophene rings is 1. The smallest absolute Gasteiger partial charge is 0.243 e. The Morgan fingerprint density at radius 1 is 1.08 bits per heavy atom. The zero-order valence-electron chi connectivity index (χ0n) is 20.7. The molecule has 36 heavy (non-hydrogen) atoms. The maximum absolute atomic E-state index is 13.7. The van der Waals surface area contributed by atoms with Gasteiger partial charge in [0, 0.05) is 30.6 Å². The third-order valence-corrected chi connectivity index (χ3v) is 9.13. The first-order valence-electron chi connectivity index (χ1n) is 12.0. The van der Waals surface area contributed by atoms with Crippen LogP contribution in [0.4, 0.5) is 5.69 Å². The number of nitrogens with zero attached hydrogens (tertiary/aromatic N) is 2. The number of rotatable bonds is 8. The van der Waals surface area contributed by atoms with Crippen LogP contribution in [0.5, 0.6) is 0 Å². The quantitative estimate of drug-likeness (QED) is 0.466. The summed E-state index contributed by atoms with van der Waals surface area (Å²) >= 11 is 1.70. The second-order valence-corrected chi connectivity index (χ2v) is 11.9. The summed E-state index contributed by atoms with van der Waals surface area (Å²) in [5.41, 5.74) is 3.79. The Kier molecular flexibility index (Phi) is 7.92. The van der Waals surface area contributed by atoms with Gasteiger partial charge in [0.2, 0.25) is 21.8 Å². The Balaban J connectivity index is 1.61. The minimum Gasteiger partial charge on any atom is -0.330 e. The summed E-state index contributed by atoms with van der Waals surface area (Å²) in [5, 5.41) is 4.69. The van der Waals surface area contributed by atoms with Gasteiger partial charge in [0.1, 0.15) is 0 Å². The van der Waals surface area contributed by atoms with E-state index in [0.29, 0.717) is 18.7 Å². The maximum atomic E-state index is 13.7. The van der Waals surface area contributed by atoms with Crippen LogP contribution in [0.15, 0.2) is 64.9 Å². The topological polar surface area (TPSA) is 86.8 Å². The second-order valence-electron chi connectivity index (χ2n) is 8.99. The molecule has 0 fully saturated rings. The number of carbonyl (C=O) groups is 2. The summed E-state index contributed by atoms with van der Waals surface area (Å²) < 4.78 is 28.2. The highest BCUT2D eigenvalue weighted by molar-refractivity contribution is 7.89. The summed E-state index contributed by atoms with van der Waals surface area (Å²) in [6.45, 7) is 5.85. The number of fused-ring (bicyclic) bond motifs is 1. The highest BCUT2D eigenvalue weighted by Gasteiger charge is 2.35. The van der Waals surface area contributed by atoms with Crippen molar-refractivity contribution < 1.29 is 18.0 Å². The number of carbonyl (C=O) groups excluding carboxylic acids is 2. The van der Waals surface area contributed by atoms with Crippen molar-refractivity contribution in [3.05, 3.63) is 81.5 Å². The Morgan fingerprint density at radius 3 is 2.42 bits per heavy atom. The van der Waals surface area contributed by atoms with Crippen LogP contribution >= 0.6 is 11.3 Å². The van der Waals surface area contributed by atoms with Gasteiger partial charge in [0.25, 0.3) is 0 Å². The minimum absolute atomic E-state index is 0.0895. The van der Waals surface area contributed by atoms with Gasteiger partial charge < -0.3 is 10.2 Å². The van der Waals surface area contributed by atoms with Crippen LogP contribution in [0.3, 0.4) is 0 Å². The van der Waals surface area contributed by atoms with Gasteiger partial charge in [-0.1, -0.05) is 36.8 Å². The van der Waals surface area contributed by atoms with Crippen molar-refractivity contribution in [3.8, 4) is 0 Å². The molecular formula is C27H31N3O4S2. The number of nitrogens with one attached hydrogen (secondary N) is 1. The number of hydrogen-bond donors (Lipinski definition) is 1. The standard InChI is InChI=1S/C27H31N3O4S2/c1-4-15-29(36(33,34)23-11-9-22(10-12-23)28-20(3)31)18-26(32)30-16-13-25-24(14-17-35-25)27(30)21-7-5-19(2)6-8-21/h5-12,14,17,27H,4,13,15-16,18H2,1-3H3,(H,28,31). The average Bonchev–Trinajstić information content (AvgIpc) is 3.33. The molecule has 1 atom stereocenters. The summed E-state index contributed by atoms with van der Waals surface area (Å²) in [6, 6.07) is 16.0. The molecule has 0 saturated heterocycles. The molecule has 0 bridgehead atoms. The summed E-state index contributed by atoms with van der Waals surface area (Å²) in [4.78, 5) is 28.2. The lowest BCUT2D eigenvalue weighted by Crippen LogP contribution is -2.46. The van der Waals surface area contributed by atoms with Gasteiger partial charge in [0.05, 0.1) is 17.5 Å². The second kappa shape index (κ2) is 10.9. The van der Waals surface area contributed by atoms with E-state index >= 15 is 0 Å². The van der Waals surface area contributed by atoms with Crippen molar-refractivity contribution in [2.75, 3.05) is 25.0 Å². The number of sulfonamides is 1. The fraction of sp³-hybridized carbons (Fsp3) is 0.333. The van der Waals surface area contributed by atoms with Crippen molar-refractivity contribution in [3.63, 3.8) is 0 Å². The first-order chi connectivity index (χ1) is 17.2. The van der Waals surface area contributed by atoms with Crippen molar-refractivity contribution >= 4 is 38.9 Å². The zero-order valence-corrected chi connectivity index (χ0v) is 22.4. The average molecular weight is 526 g/mol. The van der Waals surface area contributed by atoms with E-state index in [-0.39, 0.29) is 35.8 Å². The number of benzene rings is 2. The number of hydrogen-bond acceptors (Lipinski definition) is 5. The molecule has 2 heterocycles. The fourth-order valence-corrected chi connectivity index (χ4v) is 6.92.